The van der Waals surface area contributed by atoms with Gasteiger partial charge in [-0.2, -0.15) is 0 Å². The van der Waals surface area contributed by atoms with Gasteiger partial charge in [-0.25, -0.2) is 0 Å². The normalized spacial score (nSPS) is 15.1. The average Bonchev–Trinajstić information content (AvgIpc) is 2.60. The number of methoxy groups -OCH3 is 1. The Morgan fingerprint density at radius 1 is 1.22 bits per heavy atom. The van der Waals surface area contributed by atoms with Crippen molar-refractivity contribution in [3.63, 3.8) is 0 Å². The molecule has 6 nitrogen and oxygen atoms in total. The molecular weight excluding hydrogens is 344 g/mol. The van der Waals surface area contributed by atoms with Crippen molar-refractivity contribution in [2.75, 3.05) is 13.7 Å². The molecule has 1 aromatic carbocycles. The summed E-state index contributed by atoms with van der Waals surface area (Å²) in [6, 6.07) is 9.01. The second kappa shape index (κ2) is 7.39. The van der Waals surface area contributed by atoms with Crippen molar-refractivity contribution in [1.82, 2.24) is 10.3 Å². The lowest BCUT2D eigenvalue weighted by Gasteiger charge is -2.29. The Bertz CT molecular complexity index is 943. The number of carbonyl (C=O) groups excluding carboxylic acids is 2. The van der Waals surface area contributed by atoms with Crippen molar-refractivity contribution < 1.29 is 14.3 Å². The summed E-state index contributed by atoms with van der Waals surface area (Å²) in [6.45, 7) is 4.34. The second-order valence-corrected chi connectivity index (χ2v) is 7.66. The minimum atomic E-state index is -0.480. The number of Topliss-reactive ketones (excluding diaryl/α,β-unsaturated/α-hetero) is 1. The summed E-state index contributed by atoms with van der Waals surface area (Å²) in [4.78, 5) is 39.9. The Kier molecular flexibility index (Phi) is 5.17. The first-order valence-electron chi connectivity index (χ1n) is 9.00. The number of ketones is 1. The van der Waals surface area contributed by atoms with Crippen LogP contribution in [0.4, 0.5) is 0 Å². The van der Waals surface area contributed by atoms with E-state index in [0.717, 1.165) is 11.3 Å². The lowest BCUT2D eigenvalue weighted by Crippen LogP contribution is -2.35. The van der Waals surface area contributed by atoms with Crippen LogP contribution in [-0.4, -0.2) is 30.3 Å². The standard InChI is InChI=1S/C21H24N2O4/c1-21(2)11-16-14(17(24)12-21)10-15(20(26)23-16)19(25)22-9-8-13-6-4-5-7-18(13)27-3/h4-7,10H,8-9,11-12H2,1-3H3,(H,22,25)(H,23,26). The zero-order valence-electron chi connectivity index (χ0n) is 15.8. The van der Waals surface area contributed by atoms with Gasteiger partial charge in [0.05, 0.1) is 7.11 Å². The van der Waals surface area contributed by atoms with Gasteiger partial charge in [0.15, 0.2) is 5.78 Å². The van der Waals surface area contributed by atoms with E-state index in [4.69, 9.17) is 4.74 Å². The number of fused-ring (bicyclic) bond motifs is 1. The summed E-state index contributed by atoms with van der Waals surface area (Å²) in [5, 5.41) is 2.75. The zero-order valence-corrected chi connectivity index (χ0v) is 15.8. The van der Waals surface area contributed by atoms with Gasteiger partial charge < -0.3 is 15.0 Å². The third-order valence-electron chi connectivity index (χ3n) is 4.83. The third-order valence-corrected chi connectivity index (χ3v) is 4.83. The fraction of sp³-hybridized carbons (Fsp3) is 0.381. The van der Waals surface area contributed by atoms with Crippen LogP contribution in [0.2, 0.25) is 0 Å². The number of aromatic amines is 1. The molecule has 0 atom stereocenters. The molecule has 1 aliphatic carbocycles. The molecule has 1 heterocycles. The van der Waals surface area contributed by atoms with Crippen LogP contribution in [0.3, 0.4) is 0 Å². The van der Waals surface area contributed by atoms with Crippen molar-refractivity contribution >= 4 is 11.7 Å². The van der Waals surface area contributed by atoms with Crippen LogP contribution in [-0.2, 0) is 12.8 Å². The summed E-state index contributed by atoms with van der Waals surface area (Å²) < 4.78 is 5.29. The van der Waals surface area contributed by atoms with E-state index in [1.54, 1.807) is 7.11 Å². The minimum absolute atomic E-state index is 0.0261. The Hall–Kier alpha value is -2.89. The molecule has 1 aliphatic rings. The number of amides is 1. The van der Waals surface area contributed by atoms with Gasteiger partial charge in [0, 0.05) is 24.2 Å². The molecular formula is C21H24N2O4. The summed E-state index contributed by atoms with van der Waals surface area (Å²) in [5.41, 5.74) is 1.36. The largest absolute Gasteiger partial charge is 0.496 e. The average molecular weight is 368 g/mol. The highest BCUT2D eigenvalue weighted by Gasteiger charge is 2.32. The van der Waals surface area contributed by atoms with Crippen molar-refractivity contribution in [1.29, 1.82) is 0 Å². The van der Waals surface area contributed by atoms with Crippen molar-refractivity contribution in [3.05, 3.63) is 63.1 Å². The van der Waals surface area contributed by atoms with E-state index in [9.17, 15) is 14.4 Å². The molecule has 0 unspecified atom stereocenters. The van der Waals surface area contributed by atoms with Crippen molar-refractivity contribution in [3.8, 4) is 5.75 Å². The minimum Gasteiger partial charge on any atom is -0.496 e. The van der Waals surface area contributed by atoms with Gasteiger partial charge in [-0.05, 0) is 36.0 Å². The Balaban J connectivity index is 1.73. The van der Waals surface area contributed by atoms with E-state index in [1.165, 1.54) is 6.07 Å². The van der Waals surface area contributed by atoms with Crippen LogP contribution in [0.15, 0.2) is 35.1 Å². The highest BCUT2D eigenvalue weighted by atomic mass is 16.5. The highest BCUT2D eigenvalue weighted by molar-refractivity contribution is 6.02. The maximum absolute atomic E-state index is 12.5. The van der Waals surface area contributed by atoms with Crippen LogP contribution in [0.1, 0.15) is 52.2 Å². The lowest BCUT2D eigenvalue weighted by molar-refractivity contribution is 0.0910. The Morgan fingerprint density at radius 2 is 1.96 bits per heavy atom. The van der Waals surface area contributed by atoms with Gasteiger partial charge in [0.2, 0.25) is 0 Å². The number of rotatable bonds is 5. The number of hydrogen-bond donors (Lipinski definition) is 2. The number of pyridine rings is 1. The predicted octanol–water partition coefficient (Wildman–Crippen LogP) is 2.51. The maximum Gasteiger partial charge on any atom is 0.261 e. The smallest absolute Gasteiger partial charge is 0.261 e. The van der Waals surface area contributed by atoms with E-state index < -0.39 is 11.5 Å². The summed E-state index contributed by atoms with van der Waals surface area (Å²) in [7, 11) is 1.60. The SMILES string of the molecule is COc1ccccc1CCNC(=O)c1cc2c([nH]c1=O)CC(C)(C)CC2=O. The zero-order chi connectivity index (χ0) is 19.6. The summed E-state index contributed by atoms with van der Waals surface area (Å²) in [5.74, 6) is 0.235. The predicted molar refractivity (Wildman–Crippen MR) is 103 cm³/mol. The molecule has 0 spiro atoms. The molecule has 6 heteroatoms. The first kappa shape index (κ1) is 18.9. The first-order chi connectivity index (χ1) is 12.8. The van der Waals surface area contributed by atoms with Crippen molar-refractivity contribution in [2.45, 2.75) is 33.1 Å². The summed E-state index contributed by atoms with van der Waals surface area (Å²) >= 11 is 0. The van der Waals surface area contributed by atoms with Crippen LogP contribution in [0.5, 0.6) is 5.75 Å². The first-order valence-corrected chi connectivity index (χ1v) is 9.00. The molecule has 0 saturated heterocycles. The molecule has 2 N–H and O–H groups in total. The van der Waals surface area contributed by atoms with E-state index >= 15 is 0 Å². The fourth-order valence-corrected chi connectivity index (χ4v) is 3.51. The molecule has 27 heavy (non-hydrogen) atoms. The molecule has 1 aromatic heterocycles. The van der Waals surface area contributed by atoms with Gasteiger partial charge in [-0.15, -0.1) is 0 Å². The molecule has 3 rings (SSSR count). The molecule has 0 bridgehead atoms. The van der Waals surface area contributed by atoms with E-state index in [0.29, 0.717) is 37.1 Å². The maximum atomic E-state index is 12.5. The molecule has 0 aliphatic heterocycles. The van der Waals surface area contributed by atoms with Crippen LogP contribution in [0, 0.1) is 5.41 Å². The number of ether oxygens (including phenoxy) is 1. The Morgan fingerprint density at radius 3 is 2.70 bits per heavy atom. The van der Waals surface area contributed by atoms with Gasteiger partial charge in [-0.3, -0.25) is 14.4 Å². The van der Waals surface area contributed by atoms with E-state index in [2.05, 4.69) is 10.3 Å². The fourth-order valence-electron chi connectivity index (χ4n) is 3.51. The Labute approximate surface area is 157 Å². The number of nitrogens with one attached hydrogen (secondary N) is 2. The third kappa shape index (κ3) is 4.10. The van der Waals surface area contributed by atoms with Gasteiger partial charge in [-0.1, -0.05) is 32.0 Å². The second-order valence-electron chi connectivity index (χ2n) is 7.66. The number of benzene rings is 1. The highest BCUT2D eigenvalue weighted by Crippen LogP contribution is 2.33. The molecule has 0 fully saturated rings. The van der Waals surface area contributed by atoms with E-state index in [-0.39, 0.29) is 16.8 Å². The monoisotopic (exact) mass is 368 g/mol. The summed E-state index contributed by atoms with van der Waals surface area (Å²) in [6.07, 6.45) is 1.59. The molecule has 142 valence electrons. The molecule has 2 aromatic rings. The van der Waals surface area contributed by atoms with Crippen molar-refractivity contribution in [2.24, 2.45) is 5.41 Å². The van der Waals surface area contributed by atoms with Crippen LogP contribution < -0.4 is 15.6 Å². The topological polar surface area (TPSA) is 88.3 Å². The van der Waals surface area contributed by atoms with Gasteiger partial charge >= 0.3 is 0 Å². The number of H-pyrrole nitrogens is 1. The number of aromatic nitrogens is 1. The number of carbonyl (C=O) groups is 2. The van der Waals surface area contributed by atoms with Crippen LogP contribution in [0.25, 0.3) is 0 Å². The number of hydrogen-bond acceptors (Lipinski definition) is 4. The molecule has 1 amide bonds. The van der Waals surface area contributed by atoms with Gasteiger partial charge in [0.25, 0.3) is 11.5 Å². The number of para-hydroxylation sites is 1. The quantitative estimate of drug-likeness (QED) is 0.849. The van der Waals surface area contributed by atoms with Gasteiger partial charge in [0.1, 0.15) is 11.3 Å². The molecule has 0 saturated carbocycles. The van der Waals surface area contributed by atoms with E-state index in [1.807, 2.05) is 38.1 Å². The molecule has 0 radical (unpaired) electrons. The lowest BCUT2D eigenvalue weighted by atomic mass is 9.75. The van der Waals surface area contributed by atoms with Crippen LogP contribution >= 0.6 is 0 Å².